The van der Waals surface area contributed by atoms with Gasteiger partial charge in [-0.3, -0.25) is 0 Å². The fraction of sp³-hybridized carbons (Fsp3) is 0.625. The Morgan fingerprint density at radius 2 is 2.32 bits per heavy atom. The molecule has 1 heterocycles. The summed E-state index contributed by atoms with van der Waals surface area (Å²) in [6, 6.07) is 9.04. The molecule has 1 aliphatic rings. The molecule has 1 aromatic rings. The summed E-state index contributed by atoms with van der Waals surface area (Å²) in [6.45, 7) is 9.80. The van der Waals surface area contributed by atoms with Crippen LogP contribution in [0.5, 0.6) is 5.75 Å². The van der Waals surface area contributed by atoms with Crippen molar-refractivity contribution in [3.05, 3.63) is 24.3 Å². The smallest absolute Gasteiger partial charge is 0.121 e. The van der Waals surface area contributed by atoms with E-state index in [1.807, 2.05) is 0 Å². The summed E-state index contributed by atoms with van der Waals surface area (Å²) >= 11 is 0. The molecule has 3 heteroatoms. The predicted molar refractivity (Wildman–Crippen MR) is 81.1 cm³/mol. The van der Waals surface area contributed by atoms with E-state index < -0.39 is 0 Å². The lowest BCUT2D eigenvalue weighted by Gasteiger charge is -2.25. The van der Waals surface area contributed by atoms with Crippen molar-refractivity contribution in [2.24, 2.45) is 0 Å². The fourth-order valence-corrected chi connectivity index (χ4v) is 2.41. The first-order chi connectivity index (χ1) is 9.19. The van der Waals surface area contributed by atoms with Crippen LogP contribution in [0.2, 0.25) is 0 Å². The molecule has 2 rings (SSSR count). The molecule has 1 aliphatic heterocycles. The Hall–Kier alpha value is -1.22. The van der Waals surface area contributed by atoms with E-state index in [1.54, 1.807) is 0 Å². The van der Waals surface area contributed by atoms with Crippen LogP contribution < -0.4 is 15.0 Å². The van der Waals surface area contributed by atoms with Crippen molar-refractivity contribution in [2.75, 3.05) is 24.5 Å². The highest BCUT2D eigenvalue weighted by atomic mass is 16.5. The lowest BCUT2D eigenvalue weighted by atomic mass is 10.2. The third-order valence-electron chi connectivity index (χ3n) is 3.69. The van der Waals surface area contributed by atoms with Crippen LogP contribution in [0.15, 0.2) is 24.3 Å². The van der Waals surface area contributed by atoms with Crippen molar-refractivity contribution in [3.63, 3.8) is 0 Å². The molecule has 2 atom stereocenters. The number of benzene rings is 1. The molecule has 3 nitrogen and oxygen atoms in total. The molecule has 0 spiro atoms. The van der Waals surface area contributed by atoms with E-state index in [0.29, 0.717) is 6.04 Å². The van der Waals surface area contributed by atoms with Gasteiger partial charge in [-0.15, -0.1) is 0 Å². The molecular weight excluding hydrogens is 236 g/mol. The van der Waals surface area contributed by atoms with Gasteiger partial charge < -0.3 is 15.0 Å². The van der Waals surface area contributed by atoms with E-state index in [2.05, 4.69) is 55.3 Å². The van der Waals surface area contributed by atoms with Gasteiger partial charge in [0.1, 0.15) is 5.75 Å². The van der Waals surface area contributed by atoms with Gasteiger partial charge in [0.2, 0.25) is 0 Å². The van der Waals surface area contributed by atoms with E-state index in [1.165, 1.54) is 12.1 Å². The van der Waals surface area contributed by atoms with Gasteiger partial charge in [0, 0.05) is 30.9 Å². The van der Waals surface area contributed by atoms with E-state index >= 15 is 0 Å². The molecule has 0 radical (unpaired) electrons. The van der Waals surface area contributed by atoms with Gasteiger partial charge in [-0.25, -0.2) is 0 Å². The van der Waals surface area contributed by atoms with Crippen LogP contribution in [-0.2, 0) is 0 Å². The highest BCUT2D eigenvalue weighted by Crippen LogP contribution is 2.23. The molecular formula is C16H26N2O. The van der Waals surface area contributed by atoms with Crippen LogP contribution >= 0.6 is 0 Å². The maximum absolute atomic E-state index is 5.91. The topological polar surface area (TPSA) is 24.5 Å². The number of nitrogens with one attached hydrogen (secondary N) is 1. The minimum absolute atomic E-state index is 0.278. The molecule has 0 aromatic heterocycles. The van der Waals surface area contributed by atoms with Crippen LogP contribution in [-0.4, -0.2) is 31.8 Å². The largest absolute Gasteiger partial charge is 0.491 e. The quantitative estimate of drug-likeness (QED) is 0.902. The molecule has 2 unspecified atom stereocenters. The van der Waals surface area contributed by atoms with Gasteiger partial charge >= 0.3 is 0 Å². The molecule has 0 bridgehead atoms. The molecule has 0 aliphatic carbocycles. The van der Waals surface area contributed by atoms with Gasteiger partial charge in [0.05, 0.1) is 6.10 Å². The molecule has 106 valence electrons. The maximum Gasteiger partial charge on any atom is 0.121 e. The van der Waals surface area contributed by atoms with Gasteiger partial charge in [0.15, 0.2) is 0 Å². The standard InChI is InChI=1S/C16H26N2O/c1-4-14(3)19-16-8-5-7-15(11-16)18-10-6-9-17-13(2)12-18/h5,7-8,11,13-14,17H,4,6,9-10,12H2,1-3H3. The number of hydrogen-bond acceptors (Lipinski definition) is 3. The first-order valence-corrected chi connectivity index (χ1v) is 7.44. The first kappa shape index (κ1) is 14.2. The third kappa shape index (κ3) is 4.13. The van der Waals surface area contributed by atoms with Crippen LogP contribution in [0.3, 0.4) is 0 Å². The van der Waals surface area contributed by atoms with Crippen molar-refractivity contribution in [2.45, 2.75) is 45.8 Å². The second kappa shape index (κ2) is 6.80. The van der Waals surface area contributed by atoms with Crippen LogP contribution in [0.1, 0.15) is 33.6 Å². The Kier molecular flexibility index (Phi) is 5.08. The van der Waals surface area contributed by atoms with Crippen molar-refractivity contribution >= 4 is 5.69 Å². The lowest BCUT2D eigenvalue weighted by Crippen LogP contribution is -2.35. The second-order valence-electron chi connectivity index (χ2n) is 5.49. The molecule has 1 fully saturated rings. The molecule has 1 saturated heterocycles. The zero-order valence-corrected chi connectivity index (χ0v) is 12.4. The lowest BCUT2D eigenvalue weighted by molar-refractivity contribution is 0.217. The van der Waals surface area contributed by atoms with Crippen LogP contribution in [0.25, 0.3) is 0 Å². The zero-order chi connectivity index (χ0) is 13.7. The molecule has 1 aromatic carbocycles. The predicted octanol–water partition coefficient (Wildman–Crippen LogP) is 3.05. The van der Waals surface area contributed by atoms with E-state index in [0.717, 1.165) is 31.8 Å². The zero-order valence-electron chi connectivity index (χ0n) is 12.4. The fourth-order valence-electron chi connectivity index (χ4n) is 2.41. The Morgan fingerprint density at radius 3 is 3.11 bits per heavy atom. The summed E-state index contributed by atoms with van der Waals surface area (Å²) in [5.41, 5.74) is 1.27. The highest BCUT2D eigenvalue weighted by molar-refractivity contribution is 5.51. The summed E-state index contributed by atoms with van der Waals surface area (Å²) in [5, 5.41) is 3.53. The van der Waals surface area contributed by atoms with Crippen molar-refractivity contribution in [1.29, 1.82) is 0 Å². The SMILES string of the molecule is CCC(C)Oc1cccc(N2CCCNC(C)C2)c1. The Bertz CT molecular complexity index is 394. The molecule has 0 saturated carbocycles. The average Bonchev–Trinajstić information content (AvgIpc) is 2.63. The number of nitrogens with zero attached hydrogens (tertiary/aromatic N) is 1. The third-order valence-corrected chi connectivity index (χ3v) is 3.69. The molecule has 1 N–H and O–H groups in total. The van der Waals surface area contributed by atoms with E-state index in [-0.39, 0.29) is 6.10 Å². The van der Waals surface area contributed by atoms with E-state index in [4.69, 9.17) is 4.74 Å². The Morgan fingerprint density at radius 1 is 1.47 bits per heavy atom. The maximum atomic E-state index is 5.91. The summed E-state index contributed by atoms with van der Waals surface area (Å²) in [4.78, 5) is 2.45. The van der Waals surface area contributed by atoms with Crippen molar-refractivity contribution < 1.29 is 4.74 Å². The van der Waals surface area contributed by atoms with Crippen LogP contribution in [0, 0.1) is 0 Å². The minimum Gasteiger partial charge on any atom is -0.491 e. The van der Waals surface area contributed by atoms with Gasteiger partial charge in [0.25, 0.3) is 0 Å². The summed E-state index contributed by atoms with van der Waals surface area (Å²) in [5.74, 6) is 0.983. The minimum atomic E-state index is 0.278. The van der Waals surface area contributed by atoms with E-state index in [9.17, 15) is 0 Å². The van der Waals surface area contributed by atoms with Crippen LogP contribution in [0.4, 0.5) is 5.69 Å². The Labute approximate surface area is 116 Å². The Balaban J connectivity index is 2.08. The number of rotatable bonds is 4. The average molecular weight is 262 g/mol. The summed E-state index contributed by atoms with van der Waals surface area (Å²) in [6.07, 6.45) is 2.51. The summed E-state index contributed by atoms with van der Waals surface area (Å²) < 4.78 is 5.91. The van der Waals surface area contributed by atoms with Crippen molar-refractivity contribution in [1.82, 2.24) is 5.32 Å². The molecule has 0 amide bonds. The number of hydrogen-bond donors (Lipinski definition) is 1. The second-order valence-corrected chi connectivity index (χ2v) is 5.49. The number of ether oxygens (including phenoxy) is 1. The molecule has 19 heavy (non-hydrogen) atoms. The van der Waals surface area contributed by atoms with Gasteiger partial charge in [-0.05, 0) is 45.4 Å². The normalized spacial score (nSPS) is 21.8. The highest BCUT2D eigenvalue weighted by Gasteiger charge is 2.15. The number of anilines is 1. The monoisotopic (exact) mass is 262 g/mol. The summed E-state index contributed by atoms with van der Waals surface area (Å²) in [7, 11) is 0. The van der Waals surface area contributed by atoms with Gasteiger partial charge in [-0.1, -0.05) is 13.0 Å². The van der Waals surface area contributed by atoms with Gasteiger partial charge in [-0.2, -0.15) is 0 Å². The first-order valence-electron chi connectivity index (χ1n) is 7.44. The van der Waals surface area contributed by atoms with Crippen molar-refractivity contribution in [3.8, 4) is 5.75 Å².